The van der Waals surface area contributed by atoms with Crippen LogP contribution in [0.3, 0.4) is 0 Å². The molecule has 0 bridgehead atoms. The zero-order chi connectivity index (χ0) is 22.3. The molecule has 0 saturated heterocycles. The number of hydrogen-bond donors (Lipinski definition) is 2. The first kappa shape index (κ1) is 21.6. The van der Waals surface area contributed by atoms with Crippen molar-refractivity contribution in [2.45, 2.75) is 31.8 Å². The van der Waals surface area contributed by atoms with Crippen LogP contribution in [0.15, 0.2) is 66.7 Å². The zero-order valence-corrected chi connectivity index (χ0v) is 17.8. The van der Waals surface area contributed by atoms with Gasteiger partial charge in [-0.15, -0.1) is 0 Å². The van der Waals surface area contributed by atoms with Crippen molar-refractivity contribution in [2.75, 3.05) is 13.1 Å². The van der Waals surface area contributed by atoms with Crippen molar-refractivity contribution in [1.29, 1.82) is 0 Å². The molecule has 1 fully saturated rings. The van der Waals surface area contributed by atoms with Crippen molar-refractivity contribution in [3.05, 3.63) is 77.9 Å². The van der Waals surface area contributed by atoms with Crippen LogP contribution in [0.1, 0.15) is 46.4 Å². The van der Waals surface area contributed by atoms with Crippen LogP contribution in [-0.4, -0.2) is 36.8 Å². The predicted octanol–water partition coefficient (Wildman–Crippen LogP) is 3.89. The Hall–Kier alpha value is -3.67. The summed E-state index contributed by atoms with van der Waals surface area (Å²) in [5.74, 6) is 0.615. The van der Waals surface area contributed by atoms with Gasteiger partial charge >= 0.3 is 0 Å². The van der Waals surface area contributed by atoms with E-state index in [-0.39, 0.29) is 17.9 Å². The van der Waals surface area contributed by atoms with E-state index < -0.39 is 0 Å². The van der Waals surface area contributed by atoms with Gasteiger partial charge < -0.3 is 15.4 Å². The molecule has 0 atom stereocenters. The SMILES string of the molecule is O=C1CCC(Oc2ccc(C(=O)NCCNC(=O)c3ccc4ccccc4c3)cc2)CC1. The molecule has 32 heavy (non-hydrogen) atoms. The van der Waals surface area contributed by atoms with E-state index >= 15 is 0 Å². The number of ether oxygens (including phenoxy) is 1. The van der Waals surface area contributed by atoms with Gasteiger partial charge in [0, 0.05) is 37.1 Å². The molecule has 4 rings (SSSR count). The molecule has 0 radical (unpaired) electrons. The molecular weight excluding hydrogens is 404 g/mol. The van der Waals surface area contributed by atoms with Crippen LogP contribution < -0.4 is 15.4 Å². The maximum absolute atomic E-state index is 12.4. The first-order valence-corrected chi connectivity index (χ1v) is 10.9. The van der Waals surface area contributed by atoms with Gasteiger partial charge in [0.25, 0.3) is 11.8 Å². The lowest BCUT2D eigenvalue weighted by Crippen LogP contribution is -2.34. The van der Waals surface area contributed by atoms with E-state index in [0.717, 1.165) is 23.6 Å². The molecule has 1 aliphatic carbocycles. The number of carbonyl (C=O) groups is 3. The molecule has 1 aliphatic rings. The number of benzene rings is 3. The number of fused-ring (bicyclic) bond motifs is 1. The maximum Gasteiger partial charge on any atom is 0.251 e. The second-order valence-corrected chi connectivity index (χ2v) is 7.95. The first-order chi connectivity index (χ1) is 15.6. The van der Waals surface area contributed by atoms with Gasteiger partial charge in [-0.3, -0.25) is 14.4 Å². The second-order valence-electron chi connectivity index (χ2n) is 7.95. The van der Waals surface area contributed by atoms with Gasteiger partial charge in [0.15, 0.2) is 0 Å². The van der Waals surface area contributed by atoms with E-state index in [1.807, 2.05) is 36.4 Å². The molecule has 1 saturated carbocycles. The fourth-order valence-electron chi connectivity index (χ4n) is 3.80. The lowest BCUT2D eigenvalue weighted by atomic mass is 9.96. The summed E-state index contributed by atoms with van der Waals surface area (Å²) >= 11 is 0. The minimum Gasteiger partial charge on any atom is -0.490 e. The minimum atomic E-state index is -0.209. The molecule has 0 spiro atoms. The highest BCUT2D eigenvalue weighted by Crippen LogP contribution is 2.22. The van der Waals surface area contributed by atoms with Gasteiger partial charge in [0.2, 0.25) is 0 Å². The van der Waals surface area contributed by atoms with E-state index in [2.05, 4.69) is 10.6 Å². The smallest absolute Gasteiger partial charge is 0.251 e. The van der Waals surface area contributed by atoms with Crippen LogP contribution in [0.4, 0.5) is 0 Å². The Bertz CT molecular complexity index is 1110. The van der Waals surface area contributed by atoms with Crippen molar-refractivity contribution in [3.8, 4) is 5.75 Å². The Morgan fingerprint density at radius 1 is 0.781 bits per heavy atom. The van der Waals surface area contributed by atoms with Crippen molar-refractivity contribution in [3.63, 3.8) is 0 Å². The summed E-state index contributed by atoms with van der Waals surface area (Å²) in [5.41, 5.74) is 1.12. The van der Waals surface area contributed by atoms with Crippen LogP contribution >= 0.6 is 0 Å². The molecule has 164 valence electrons. The van der Waals surface area contributed by atoms with E-state index in [4.69, 9.17) is 4.74 Å². The predicted molar refractivity (Wildman–Crippen MR) is 123 cm³/mol. The summed E-state index contributed by atoms with van der Waals surface area (Å²) in [6.07, 6.45) is 2.68. The van der Waals surface area contributed by atoms with Crippen molar-refractivity contribution in [1.82, 2.24) is 10.6 Å². The van der Waals surface area contributed by atoms with Crippen molar-refractivity contribution < 1.29 is 19.1 Å². The van der Waals surface area contributed by atoms with Crippen LogP contribution in [0.25, 0.3) is 10.8 Å². The van der Waals surface area contributed by atoms with Gasteiger partial charge in [-0.1, -0.05) is 30.3 Å². The van der Waals surface area contributed by atoms with Gasteiger partial charge in [-0.05, 0) is 60.0 Å². The Kier molecular flexibility index (Phi) is 6.80. The summed E-state index contributed by atoms with van der Waals surface area (Å²) in [5, 5.41) is 7.74. The largest absolute Gasteiger partial charge is 0.490 e. The minimum absolute atomic E-state index is 0.0543. The van der Waals surface area contributed by atoms with Crippen LogP contribution in [0, 0.1) is 0 Å². The fraction of sp³-hybridized carbons (Fsp3) is 0.269. The first-order valence-electron chi connectivity index (χ1n) is 10.9. The number of hydrogen-bond acceptors (Lipinski definition) is 4. The lowest BCUT2D eigenvalue weighted by Gasteiger charge is -2.22. The monoisotopic (exact) mass is 430 g/mol. The van der Waals surface area contributed by atoms with E-state index in [9.17, 15) is 14.4 Å². The van der Waals surface area contributed by atoms with Gasteiger partial charge in [-0.25, -0.2) is 0 Å². The topological polar surface area (TPSA) is 84.5 Å². The van der Waals surface area contributed by atoms with Gasteiger partial charge in [0.1, 0.15) is 11.5 Å². The Balaban J connectivity index is 1.21. The average Bonchev–Trinajstić information content (AvgIpc) is 2.83. The third kappa shape index (κ3) is 5.52. The number of carbonyl (C=O) groups excluding carboxylic acids is 3. The van der Waals surface area contributed by atoms with Crippen LogP contribution in [0.5, 0.6) is 5.75 Å². The molecule has 6 heteroatoms. The molecule has 0 aliphatic heterocycles. The normalized spacial score (nSPS) is 14.2. The highest BCUT2D eigenvalue weighted by Gasteiger charge is 2.20. The third-order valence-corrected chi connectivity index (χ3v) is 5.62. The highest BCUT2D eigenvalue weighted by atomic mass is 16.5. The zero-order valence-electron chi connectivity index (χ0n) is 17.8. The molecule has 0 aromatic heterocycles. The van der Waals surface area contributed by atoms with Crippen molar-refractivity contribution >= 4 is 28.4 Å². The summed E-state index contributed by atoms with van der Waals surface area (Å²) in [6, 6.07) is 20.4. The number of nitrogens with one attached hydrogen (secondary N) is 2. The number of amides is 2. The number of ketones is 1. The van der Waals surface area contributed by atoms with E-state index in [0.29, 0.717) is 48.6 Å². The lowest BCUT2D eigenvalue weighted by molar-refractivity contribution is -0.121. The Morgan fingerprint density at radius 3 is 2.06 bits per heavy atom. The van der Waals surface area contributed by atoms with Gasteiger partial charge in [0.05, 0.1) is 6.10 Å². The molecule has 2 amide bonds. The quantitative estimate of drug-likeness (QED) is 0.557. The van der Waals surface area contributed by atoms with Gasteiger partial charge in [-0.2, -0.15) is 0 Å². The van der Waals surface area contributed by atoms with Crippen molar-refractivity contribution in [2.24, 2.45) is 0 Å². The molecule has 2 N–H and O–H groups in total. The number of Topliss-reactive ketones (excluding diaryl/α,β-unsaturated/α-hetero) is 1. The van der Waals surface area contributed by atoms with E-state index in [1.54, 1.807) is 30.3 Å². The molecule has 3 aromatic rings. The Morgan fingerprint density at radius 2 is 1.38 bits per heavy atom. The summed E-state index contributed by atoms with van der Waals surface area (Å²) in [7, 11) is 0. The van der Waals surface area contributed by atoms with Crippen LogP contribution in [0.2, 0.25) is 0 Å². The Labute approximate surface area is 187 Å². The molecule has 3 aromatic carbocycles. The average molecular weight is 431 g/mol. The second kappa shape index (κ2) is 10.1. The fourth-order valence-corrected chi connectivity index (χ4v) is 3.80. The molecular formula is C26H26N2O4. The van der Waals surface area contributed by atoms with E-state index in [1.165, 1.54) is 0 Å². The molecule has 0 heterocycles. The standard InChI is InChI=1S/C26H26N2O4/c29-22-9-13-24(14-10-22)32-23-11-7-19(8-12-23)25(30)27-15-16-28-26(31)21-6-5-18-3-1-2-4-20(18)17-21/h1-8,11-12,17,24H,9-10,13-16H2,(H,27,30)(H,28,31). The summed E-state index contributed by atoms with van der Waals surface area (Å²) in [6.45, 7) is 0.658. The molecule has 0 unspecified atom stereocenters. The maximum atomic E-state index is 12.4. The number of rotatable bonds is 7. The third-order valence-electron chi connectivity index (χ3n) is 5.62. The highest BCUT2D eigenvalue weighted by molar-refractivity contribution is 5.98. The summed E-state index contributed by atoms with van der Waals surface area (Å²) < 4.78 is 5.90. The molecule has 6 nitrogen and oxygen atoms in total. The van der Waals surface area contributed by atoms with Crippen LogP contribution in [-0.2, 0) is 4.79 Å². The summed E-state index contributed by atoms with van der Waals surface area (Å²) in [4.78, 5) is 36.0.